The van der Waals surface area contributed by atoms with Gasteiger partial charge in [0.1, 0.15) is 26.5 Å². The molecule has 3 aromatic rings. The Kier molecular flexibility index (Phi) is 8.30. The number of carbonyl (C=O) groups is 2. The first-order valence-corrected chi connectivity index (χ1v) is 12.0. The van der Waals surface area contributed by atoms with Gasteiger partial charge in [-0.1, -0.05) is 0 Å². The van der Waals surface area contributed by atoms with Gasteiger partial charge in [-0.3, -0.25) is 10.1 Å². The van der Waals surface area contributed by atoms with Gasteiger partial charge in [-0.25, -0.2) is 14.6 Å². The fourth-order valence-corrected chi connectivity index (χ4v) is 4.87. The Hall–Kier alpha value is -4.08. The molecule has 0 unspecified atom stereocenters. The number of allylic oxidation sites excluding steroid dienone is 1. The van der Waals surface area contributed by atoms with Crippen molar-refractivity contribution in [1.29, 1.82) is 5.26 Å². The maximum Gasteiger partial charge on any atom is 0.348 e. The van der Waals surface area contributed by atoms with Crippen molar-refractivity contribution >= 4 is 50.9 Å². The van der Waals surface area contributed by atoms with Crippen LogP contribution in [0, 0.1) is 28.4 Å². The van der Waals surface area contributed by atoms with Crippen molar-refractivity contribution in [3.63, 3.8) is 0 Å². The normalized spacial score (nSPS) is 11.0. The summed E-state index contributed by atoms with van der Waals surface area (Å²) in [6.07, 6.45) is 1.40. The lowest BCUT2D eigenvalue weighted by Gasteiger charge is -2.05. The number of nitriles is 1. The number of hydrogen-bond donors (Lipinski definition) is 1. The number of thiazole rings is 1. The van der Waals surface area contributed by atoms with Crippen LogP contribution < -0.4 is 5.32 Å². The molecule has 10 nitrogen and oxygen atoms in total. The van der Waals surface area contributed by atoms with E-state index in [0.29, 0.717) is 26.8 Å². The van der Waals surface area contributed by atoms with Crippen molar-refractivity contribution in [2.45, 2.75) is 20.8 Å². The molecule has 1 aromatic carbocycles. The van der Waals surface area contributed by atoms with E-state index in [-0.39, 0.29) is 34.9 Å². The van der Waals surface area contributed by atoms with E-state index in [9.17, 15) is 25.0 Å². The molecule has 0 radical (unpaired) electrons. The molecule has 0 aliphatic rings. The average Bonchev–Trinajstić information content (AvgIpc) is 3.45. The SMILES string of the molecule is CCOC(=O)c1sc(N/C=C(\C#N)c2nc(-c3ccc([N+](=O)[O-])cc3)cs2)c(C(=O)OCC)c1C. The smallest absolute Gasteiger partial charge is 0.348 e. The van der Waals surface area contributed by atoms with Gasteiger partial charge in [0.15, 0.2) is 0 Å². The summed E-state index contributed by atoms with van der Waals surface area (Å²) in [7, 11) is 0. The van der Waals surface area contributed by atoms with Gasteiger partial charge < -0.3 is 14.8 Å². The van der Waals surface area contributed by atoms with E-state index in [1.165, 1.54) is 29.7 Å². The number of hydrogen-bond acceptors (Lipinski definition) is 11. The van der Waals surface area contributed by atoms with Gasteiger partial charge >= 0.3 is 11.9 Å². The van der Waals surface area contributed by atoms with E-state index in [4.69, 9.17) is 9.47 Å². The molecule has 180 valence electrons. The number of esters is 2. The molecule has 0 aliphatic carbocycles. The molecule has 0 bridgehead atoms. The number of non-ortho nitro benzene ring substituents is 1. The lowest BCUT2D eigenvalue weighted by molar-refractivity contribution is -0.384. The minimum absolute atomic E-state index is 0.0307. The molecule has 0 aliphatic heterocycles. The van der Waals surface area contributed by atoms with Crippen molar-refractivity contribution in [2.24, 2.45) is 0 Å². The minimum Gasteiger partial charge on any atom is -0.462 e. The lowest BCUT2D eigenvalue weighted by Crippen LogP contribution is -2.09. The number of aromatic nitrogens is 1. The van der Waals surface area contributed by atoms with E-state index in [1.807, 2.05) is 0 Å². The zero-order valence-electron chi connectivity index (χ0n) is 19.0. The molecule has 0 spiro atoms. The van der Waals surface area contributed by atoms with Gasteiger partial charge in [-0.05, 0) is 38.5 Å². The Morgan fingerprint density at radius 2 is 1.86 bits per heavy atom. The molecular weight excluding hydrogens is 492 g/mol. The third-order valence-corrected chi connectivity index (χ3v) is 6.74. The molecule has 35 heavy (non-hydrogen) atoms. The molecule has 0 saturated heterocycles. The highest BCUT2D eigenvalue weighted by Crippen LogP contribution is 2.35. The van der Waals surface area contributed by atoms with Crippen molar-refractivity contribution < 1.29 is 24.0 Å². The number of thiophene rings is 1. The second-order valence-corrected chi connectivity index (χ2v) is 8.74. The number of anilines is 1. The first-order valence-electron chi connectivity index (χ1n) is 10.4. The van der Waals surface area contributed by atoms with Gasteiger partial charge in [0.05, 0.1) is 29.4 Å². The number of nitro groups is 1. The Bertz CT molecular complexity index is 1330. The van der Waals surface area contributed by atoms with E-state index < -0.39 is 16.9 Å². The van der Waals surface area contributed by atoms with Crippen LogP contribution in [0.5, 0.6) is 0 Å². The monoisotopic (exact) mass is 512 g/mol. The fourth-order valence-electron chi connectivity index (χ4n) is 3.02. The number of carbonyl (C=O) groups excluding carboxylic acids is 2. The molecule has 3 rings (SSSR count). The Labute approximate surface area is 208 Å². The fraction of sp³-hybridized carbons (Fsp3) is 0.217. The van der Waals surface area contributed by atoms with Crippen LogP contribution in [0.15, 0.2) is 35.8 Å². The first-order chi connectivity index (χ1) is 16.8. The summed E-state index contributed by atoms with van der Waals surface area (Å²) >= 11 is 2.25. The van der Waals surface area contributed by atoms with Crippen molar-refractivity contribution in [1.82, 2.24) is 4.98 Å². The Balaban J connectivity index is 1.91. The van der Waals surface area contributed by atoms with Crippen LogP contribution in [-0.2, 0) is 9.47 Å². The summed E-state index contributed by atoms with van der Waals surface area (Å²) in [6, 6.07) is 8.01. The standard InChI is InChI=1S/C23H20N4O6S2/c1-4-32-22(28)18-13(3)19(23(29)33-5-2)35-21(18)25-11-15(10-24)20-26-17(12-34-20)14-6-8-16(9-7-14)27(30)31/h6-9,11-12,25H,4-5H2,1-3H3/b15-11+. The summed E-state index contributed by atoms with van der Waals surface area (Å²) in [6.45, 7) is 5.34. The van der Waals surface area contributed by atoms with Crippen molar-refractivity contribution in [2.75, 3.05) is 18.5 Å². The van der Waals surface area contributed by atoms with Gasteiger partial charge in [0, 0.05) is 29.3 Å². The molecule has 2 aromatic heterocycles. The summed E-state index contributed by atoms with van der Waals surface area (Å²) in [4.78, 5) is 40.0. The van der Waals surface area contributed by atoms with Crippen LogP contribution >= 0.6 is 22.7 Å². The molecule has 0 saturated carbocycles. The largest absolute Gasteiger partial charge is 0.462 e. The first kappa shape index (κ1) is 25.5. The van der Waals surface area contributed by atoms with Crippen LogP contribution in [-0.4, -0.2) is 35.1 Å². The highest BCUT2D eigenvalue weighted by Gasteiger charge is 2.26. The second kappa shape index (κ2) is 11.4. The number of rotatable bonds is 9. The molecule has 0 amide bonds. The average molecular weight is 513 g/mol. The van der Waals surface area contributed by atoms with E-state index in [1.54, 1.807) is 38.3 Å². The third-order valence-electron chi connectivity index (χ3n) is 4.66. The quantitative estimate of drug-likeness (QED) is 0.172. The van der Waals surface area contributed by atoms with E-state index in [0.717, 1.165) is 11.3 Å². The number of nitrogens with zero attached hydrogens (tertiary/aromatic N) is 3. The molecule has 2 heterocycles. The number of ether oxygens (including phenoxy) is 2. The predicted octanol–water partition coefficient (Wildman–Crippen LogP) is 5.42. The Morgan fingerprint density at radius 1 is 1.20 bits per heavy atom. The van der Waals surface area contributed by atoms with Crippen LogP contribution in [0.2, 0.25) is 0 Å². The van der Waals surface area contributed by atoms with Crippen LogP contribution in [0.1, 0.15) is 44.4 Å². The molecule has 0 atom stereocenters. The van der Waals surface area contributed by atoms with Crippen LogP contribution in [0.3, 0.4) is 0 Å². The second-order valence-electron chi connectivity index (χ2n) is 6.86. The summed E-state index contributed by atoms with van der Waals surface area (Å²) < 4.78 is 10.2. The Morgan fingerprint density at radius 3 is 2.46 bits per heavy atom. The summed E-state index contributed by atoms with van der Waals surface area (Å²) in [5, 5.41) is 26.0. The zero-order valence-corrected chi connectivity index (χ0v) is 20.6. The molecule has 12 heteroatoms. The van der Waals surface area contributed by atoms with Gasteiger partial charge in [0.25, 0.3) is 5.69 Å². The zero-order chi connectivity index (χ0) is 25.5. The van der Waals surface area contributed by atoms with Crippen molar-refractivity contribution in [3.05, 3.63) is 67.0 Å². The lowest BCUT2D eigenvalue weighted by atomic mass is 10.1. The molecule has 1 N–H and O–H groups in total. The van der Waals surface area contributed by atoms with Crippen LogP contribution in [0.25, 0.3) is 16.8 Å². The summed E-state index contributed by atoms with van der Waals surface area (Å²) in [5.41, 5.74) is 2.01. The minimum atomic E-state index is -0.596. The maximum absolute atomic E-state index is 12.5. The molecular formula is C23H20N4O6S2. The van der Waals surface area contributed by atoms with Gasteiger partial charge in [-0.2, -0.15) is 5.26 Å². The number of benzene rings is 1. The molecule has 0 fully saturated rings. The van der Waals surface area contributed by atoms with Gasteiger partial charge in [-0.15, -0.1) is 22.7 Å². The predicted molar refractivity (Wildman–Crippen MR) is 132 cm³/mol. The number of nitrogens with one attached hydrogen (secondary N) is 1. The highest BCUT2D eigenvalue weighted by atomic mass is 32.1. The summed E-state index contributed by atoms with van der Waals surface area (Å²) in [5.74, 6) is -1.15. The van der Waals surface area contributed by atoms with E-state index in [2.05, 4.69) is 16.4 Å². The van der Waals surface area contributed by atoms with Crippen LogP contribution in [0.4, 0.5) is 10.7 Å². The van der Waals surface area contributed by atoms with E-state index >= 15 is 0 Å². The third kappa shape index (κ3) is 5.71. The highest BCUT2D eigenvalue weighted by molar-refractivity contribution is 7.18. The van der Waals surface area contributed by atoms with Crippen molar-refractivity contribution in [3.8, 4) is 17.3 Å². The van der Waals surface area contributed by atoms with Gasteiger partial charge in [0.2, 0.25) is 0 Å². The topological polar surface area (TPSA) is 144 Å². The maximum atomic E-state index is 12.5. The number of nitro benzene ring substituents is 1.